The fraction of sp³-hybridized carbons (Fsp3) is 0.750. The van der Waals surface area contributed by atoms with Gasteiger partial charge in [0.25, 0.3) is 0 Å². The van der Waals surface area contributed by atoms with Crippen LogP contribution in [0.2, 0.25) is 0 Å². The molecule has 60 valence electrons. The lowest BCUT2D eigenvalue weighted by Crippen LogP contribution is -2.28. The standard InChI is InChI=1S/C8H12N2O/c9-5-6-2-1-3-7(4-6)8(10)11/h6-7H,1-4H2,(H2,10,11)/t6-,7+/m0/s1. The van der Waals surface area contributed by atoms with Crippen molar-refractivity contribution in [2.45, 2.75) is 25.7 Å². The van der Waals surface area contributed by atoms with Crippen LogP contribution in [-0.4, -0.2) is 5.91 Å². The van der Waals surface area contributed by atoms with Gasteiger partial charge in [0.05, 0.1) is 6.07 Å². The van der Waals surface area contributed by atoms with Gasteiger partial charge in [0.2, 0.25) is 5.91 Å². The molecule has 0 heterocycles. The molecule has 1 amide bonds. The molecule has 0 saturated heterocycles. The predicted octanol–water partition coefficient (Wildman–Crippen LogP) is 0.802. The molecule has 0 unspecified atom stereocenters. The van der Waals surface area contributed by atoms with Crippen molar-refractivity contribution < 1.29 is 4.79 Å². The molecule has 0 bridgehead atoms. The molecule has 1 aliphatic carbocycles. The zero-order valence-electron chi connectivity index (χ0n) is 6.42. The number of carbonyl (C=O) groups is 1. The van der Waals surface area contributed by atoms with Crippen molar-refractivity contribution in [2.24, 2.45) is 17.6 Å². The zero-order valence-corrected chi connectivity index (χ0v) is 6.42. The molecular weight excluding hydrogens is 140 g/mol. The SMILES string of the molecule is N#C[C@H]1CCC[C@@H](C(N)=O)C1. The Hall–Kier alpha value is -1.04. The number of nitriles is 1. The van der Waals surface area contributed by atoms with Gasteiger partial charge in [-0.1, -0.05) is 6.42 Å². The Morgan fingerprint density at radius 1 is 1.55 bits per heavy atom. The van der Waals surface area contributed by atoms with Gasteiger partial charge in [0.1, 0.15) is 0 Å². The quantitative estimate of drug-likeness (QED) is 0.604. The third-order valence-corrected chi connectivity index (χ3v) is 2.26. The third-order valence-electron chi connectivity index (χ3n) is 2.26. The van der Waals surface area contributed by atoms with Crippen molar-refractivity contribution >= 4 is 5.91 Å². The van der Waals surface area contributed by atoms with E-state index in [2.05, 4.69) is 6.07 Å². The Kier molecular flexibility index (Phi) is 2.48. The summed E-state index contributed by atoms with van der Waals surface area (Å²) in [6.45, 7) is 0. The van der Waals surface area contributed by atoms with Crippen molar-refractivity contribution in [3.05, 3.63) is 0 Å². The van der Waals surface area contributed by atoms with E-state index in [0.29, 0.717) is 6.42 Å². The van der Waals surface area contributed by atoms with E-state index in [1.54, 1.807) is 0 Å². The first kappa shape index (κ1) is 8.06. The Labute approximate surface area is 66.2 Å². The molecule has 1 saturated carbocycles. The minimum Gasteiger partial charge on any atom is -0.369 e. The van der Waals surface area contributed by atoms with E-state index in [1.165, 1.54) is 0 Å². The molecule has 3 nitrogen and oxygen atoms in total. The van der Waals surface area contributed by atoms with Gasteiger partial charge in [0, 0.05) is 11.8 Å². The van der Waals surface area contributed by atoms with Crippen LogP contribution in [0, 0.1) is 23.2 Å². The van der Waals surface area contributed by atoms with Crippen LogP contribution in [0.3, 0.4) is 0 Å². The Morgan fingerprint density at radius 3 is 2.82 bits per heavy atom. The highest BCUT2D eigenvalue weighted by Crippen LogP contribution is 2.27. The van der Waals surface area contributed by atoms with Crippen molar-refractivity contribution in [2.75, 3.05) is 0 Å². The van der Waals surface area contributed by atoms with Gasteiger partial charge in [-0.25, -0.2) is 0 Å². The summed E-state index contributed by atoms with van der Waals surface area (Å²) in [5.74, 6) is -0.236. The molecule has 1 fully saturated rings. The summed E-state index contributed by atoms with van der Waals surface area (Å²) in [6, 6.07) is 2.18. The molecule has 0 spiro atoms. The van der Waals surface area contributed by atoms with E-state index in [4.69, 9.17) is 11.0 Å². The van der Waals surface area contributed by atoms with Crippen LogP contribution < -0.4 is 5.73 Å². The summed E-state index contributed by atoms with van der Waals surface area (Å²) < 4.78 is 0. The first-order chi connectivity index (χ1) is 5.24. The Morgan fingerprint density at radius 2 is 2.27 bits per heavy atom. The lowest BCUT2D eigenvalue weighted by atomic mass is 9.82. The number of nitrogens with two attached hydrogens (primary N) is 1. The van der Waals surface area contributed by atoms with E-state index in [1.807, 2.05) is 0 Å². The number of carbonyl (C=O) groups excluding carboxylic acids is 1. The van der Waals surface area contributed by atoms with E-state index in [0.717, 1.165) is 19.3 Å². The zero-order chi connectivity index (χ0) is 8.27. The van der Waals surface area contributed by atoms with Gasteiger partial charge in [-0.2, -0.15) is 5.26 Å². The summed E-state index contributed by atoms with van der Waals surface area (Å²) in [5, 5.41) is 8.59. The van der Waals surface area contributed by atoms with Crippen LogP contribution in [0.4, 0.5) is 0 Å². The number of nitrogens with zero attached hydrogens (tertiary/aromatic N) is 1. The average molecular weight is 152 g/mol. The van der Waals surface area contributed by atoms with Gasteiger partial charge in [-0.15, -0.1) is 0 Å². The van der Waals surface area contributed by atoms with Gasteiger partial charge in [0.15, 0.2) is 0 Å². The highest BCUT2D eigenvalue weighted by molar-refractivity contribution is 5.76. The Bertz CT molecular complexity index is 195. The Balaban J connectivity index is 2.47. The monoisotopic (exact) mass is 152 g/mol. The normalized spacial score (nSPS) is 30.8. The lowest BCUT2D eigenvalue weighted by molar-refractivity contribution is -0.122. The van der Waals surface area contributed by atoms with Gasteiger partial charge >= 0.3 is 0 Å². The molecule has 0 radical (unpaired) electrons. The first-order valence-corrected chi connectivity index (χ1v) is 3.93. The van der Waals surface area contributed by atoms with Gasteiger partial charge < -0.3 is 5.73 Å². The van der Waals surface area contributed by atoms with Crippen LogP contribution >= 0.6 is 0 Å². The number of amides is 1. The maximum Gasteiger partial charge on any atom is 0.220 e. The molecule has 2 atom stereocenters. The van der Waals surface area contributed by atoms with Crippen LogP contribution in [0.5, 0.6) is 0 Å². The molecule has 0 aromatic heterocycles. The van der Waals surface area contributed by atoms with Crippen LogP contribution in [0.1, 0.15) is 25.7 Å². The second-order valence-electron chi connectivity index (χ2n) is 3.09. The smallest absolute Gasteiger partial charge is 0.220 e. The van der Waals surface area contributed by atoms with E-state index >= 15 is 0 Å². The minimum absolute atomic E-state index is 0.0478. The second kappa shape index (κ2) is 3.38. The van der Waals surface area contributed by atoms with Crippen molar-refractivity contribution in [3.8, 4) is 6.07 Å². The summed E-state index contributed by atoms with van der Waals surface area (Å²) in [5.41, 5.74) is 5.14. The first-order valence-electron chi connectivity index (χ1n) is 3.93. The van der Waals surface area contributed by atoms with Crippen molar-refractivity contribution in [1.29, 1.82) is 5.26 Å². The molecule has 2 N–H and O–H groups in total. The molecule has 3 heteroatoms. The molecule has 11 heavy (non-hydrogen) atoms. The summed E-state index contributed by atoms with van der Waals surface area (Å²) in [6.07, 6.45) is 3.44. The summed E-state index contributed by atoms with van der Waals surface area (Å²) in [4.78, 5) is 10.7. The largest absolute Gasteiger partial charge is 0.369 e. The highest BCUT2D eigenvalue weighted by Gasteiger charge is 2.24. The fourth-order valence-corrected chi connectivity index (χ4v) is 1.57. The van der Waals surface area contributed by atoms with Crippen molar-refractivity contribution in [1.82, 2.24) is 0 Å². The molecular formula is C8H12N2O. The molecule has 0 aromatic carbocycles. The summed E-state index contributed by atoms with van der Waals surface area (Å²) in [7, 11) is 0. The molecule has 1 aliphatic rings. The van der Waals surface area contributed by atoms with E-state index in [9.17, 15) is 4.79 Å². The lowest BCUT2D eigenvalue weighted by Gasteiger charge is -2.21. The minimum atomic E-state index is -0.245. The van der Waals surface area contributed by atoms with Crippen molar-refractivity contribution in [3.63, 3.8) is 0 Å². The molecule has 0 aromatic rings. The predicted molar refractivity (Wildman–Crippen MR) is 40.3 cm³/mol. The average Bonchev–Trinajstić information content (AvgIpc) is 2.05. The highest BCUT2D eigenvalue weighted by atomic mass is 16.1. The van der Waals surface area contributed by atoms with Gasteiger partial charge in [-0.3, -0.25) is 4.79 Å². The maximum atomic E-state index is 10.7. The fourth-order valence-electron chi connectivity index (χ4n) is 1.57. The molecule has 0 aliphatic heterocycles. The van der Waals surface area contributed by atoms with E-state index < -0.39 is 0 Å². The number of primary amides is 1. The number of hydrogen-bond acceptors (Lipinski definition) is 2. The number of hydrogen-bond donors (Lipinski definition) is 1. The second-order valence-corrected chi connectivity index (χ2v) is 3.09. The van der Waals surface area contributed by atoms with Gasteiger partial charge in [-0.05, 0) is 19.3 Å². The third kappa shape index (κ3) is 1.94. The topological polar surface area (TPSA) is 66.9 Å². The maximum absolute atomic E-state index is 10.7. The van der Waals surface area contributed by atoms with Crippen LogP contribution in [0.15, 0.2) is 0 Å². The van der Waals surface area contributed by atoms with Crippen LogP contribution in [-0.2, 0) is 4.79 Å². The van der Waals surface area contributed by atoms with Crippen LogP contribution in [0.25, 0.3) is 0 Å². The van der Waals surface area contributed by atoms with E-state index in [-0.39, 0.29) is 17.7 Å². The molecule has 1 rings (SSSR count). The summed E-state index contributed by atoms with van der Waals surface area (Å²) >= 11 is 0. The number of rotatable bonds is 1.